The van der Waals surface area contributed by atoms with Crippen LogP contribution >= 0.6 is 0 Å². The van der Waals surface area contributed by atoms with Gasteiger partial charge < -0.3 is 10.3 Å². The number of nitrogens with zero attached hydrogens (tertiary/aromatic N) is 1. The molecule has 1 aliphatic carbocycles. The Hall–Kier alpha value is -1.32. The molecule has 2 unspecified atom stereocenters. The fraction of sp³-hybridized carbons (Fsp3) is 0.667. The summed E-state index contributed by atoms with van der Waals surface area (Å²) < 4.78 is 0. The van der Waals surface area contributed by atoms with Gasteiger partial charge in [-0.1, -0.05) is 26.2 Å². The number of rotatable bonds is 2. The van der Waals surface area contributed by atoms with Gasteiger partial charge >= 0.3 is 0 Å². The molecule has 88 valence electrons. The Morgan fingerprint density at radius 2 is 2.19 bits per heavy atom. The Kier molecular flexibility index (Phi) is 3.59. The molecule has 0 bridgehead atoms. The van der Waals surface area contributed by atoms with Gasteiger partial charge in [0.05, 0.1) is 6.33 Å². The summed E-state index contributed by atoms with van der Waals surface area (Å²) in [6.45, 7) is 2.27. The monoisotopic (exact) mass is 221 g/mol. The average Bonchev–Trinajstić information content (AvgIpc) is 2.45. The van der Waals surface area contributed by atoms with Gasteiger partial charge in [0.1, 0.15) is 5.82 Å². The molecule has 0 aromatic carbocycles. The second-order valence-corrected chi connectivity index (χ2v) is 4.66. The Morgan fingerprint density at radius 3 is 3.00 bits per heavy atom. The van der Waals surface area contributed by atoms with Gasteiger partial charge in [-0.25, -0.2) is 4.98 Å². The van der Waals surface area contributed by atoms with E-state index in [9.17, 15) is 4.79 Å². The highest BCUT2D eigenvalue weighted by Crippen LogP contribution is 2.24. The largest absolute Gasteiger partial charge is 0.367 e. The van der Waals surface area contributed by atoms with Crippen LogP contribution in [0.3, 0.4) is 0 Å². The zero-order valence-corrected chi connectivity index (χ0v) is 9.70. The summed E-state index contributed by atoms with van der Waals surface area (Å²) in [5, 5.41) is 3.38. The molecule has 1 aromatic rings. The minimum atomic E-state index is -0.0984. The van der Waals surface area contributed by atoms with Gasteiger partial charge in [0.15, 0.2) is 0 Å². The molecule has 0 amide bonds. The molecule has 0 saturated heterocycles. The lowest BCUT2D eigenvalue weighted by Crippen LogP contribution is -2.27. The van der Waals surface area contributed by atoms with Crippen LogP contribution in [0.2, 0.25) is 0 Å². The van der Waals surface area contributed by atoms with Crippen LogP contribution in [0.15, 0.2) is 17.2 Å². The van der Waals surface area contributed by atoms with Crippen molar-refractivity contribution in [2.24, 2.45) is 5.92 Å². The van der Waals surface area contributed by atoms with E-state index in [1.165, 1.54) is 44.5 Å². The quantitative estimate of drug-likeness (QED) is 0.752. The van der Waals surface area contributed by atoms with Crippen LogP contribution in [-0.2, 0) is 0 Å². The van der Waals surface area contributed by atoms with Crippen molar-refractivity contribution in [2.45, 2.75) is 45.1 Å². The molecule has 2 N–H and O–H groups in total. The summed E-state index contributed by atoms with van der Waals surface area (Å²) in [7, 11) is 0. The highest BCUT2D eigenvalue weighted by Gasteiger charge is 2.19. The van der Waals surface area contributed by atoms with E-state index in [1.54, 1.807) is 0 Å². The second kappa shape index (κ2) is 5.14. The highest BCUT2D eigenvalue weighted by molar-refractivity contribution is 5.33. The fourth-order valence-corrected chi connectivity index (χ4v) is 2.34. The SMILES string of the molecule is CC1CCCCCC1Nc1cc(=O)[nH]cn1. The number of anilines is 1. The average molecular weight is 221 g/mol. The zero-order valence-electron chi connectivity index (χ0n) is 9.70. The van der Waals surface area contributed by atoms with Crippen LogP contribution in [0.25, 0.3) is 0 Å². The first kappa shape index (κ1) is 11.2. The van der Waals surface area contributed by atoms with Crippen LogP contribution in [0.5, 0.6) is 0 Å². The van der Waals surface area contributed by atoms with Crippen LogP contribution < -0.4 is 10.9 Å². The highest BCUT2D eigenvalue weighted by atomic mass is 16.1. The van der Waals surface area contributed by atoms with Gasteiger partial charge in [-0.3, -0.25) is 4.79 Å². The van der Waals surface area contributed by atoms with Crippen molar-refractivity contribution < 1.29 is 0 Å². The van der Waals surface area contributed by atoms with Gasteiger partial charge in [0.2, 0.25) is 0 Å². The fourth-order valence-electron chi connectivity index (χ4n) is 2.34. The van der Waals surface area contributed by atoms with Crippen LogP contribution in [0.4, 0.5) is 5.82 Å². The van der Waals surface area contributed by atoms with Crippen molar-refractivity contribution in [3.05, 3.63) is 22.7 Å². The lowest BCUT2D eigenvalue weighted by atomic mass is 9.97. The van der Waals surface area contributed by atoms with Gasteiger partial charge in [0.25, 0.3) is 5.56 Å². The maximum atomic E-state index is 11.1. The van der Waals surface area contributed by atoms with Crippen molar-refractivity contribution in [1.82, 2.24) is 9.97 Å². The molecule has 1 fully saturated rings. The van der Waals surface area contributed by atoms with Crippen LogP contribution in [0.1, 0.15) is 39.0 Å². The lowest BCUT2D eigenvalue weighted by molar-refractivity contribution is 0.455. The molecule has 16 heavy (non-hydrogen) atoms. The minimum absolute atomic E-state index is 0.0984. The number of hydrogen-bond donors (Lipinski definition) is 2. The second-order valence-electron chi connectivity index (χ2n) is 4.66. The predicted octanol–water partition coefficient (Wildman–Crippen LogP) is 2.15. The summed E-state index contributed by atoms with van der Waals surface area (Å²) in [5.41, 5.74) is -0.0984. The lowest BCUT2D eigenvalue weighted by Gasteiger charge is -2.23. The van der Waals surface area contributed by atoms with E-state index in [2.05, 4.69) is 22.2 Å². The molecular formula is C12H19N3O. The van der Waals surface area contributed by atoms with Crippen molar-refractivity contribution >= 4 is 5.82 Å². The zero-order chi connectivity index (χ0) is 11.4. The standard InChI is InChI=1S/C12H19N3O/c1-9-5-3-2-4-6-10(9)15-11-7-12(16)14-8-13-11/h7-10H,2-6H2,1H3,(H2,13,14,15,16). The number of aromatic amines is 1. The van der Waals surface area contributed by atoms with E-state index < -0.39 is 0 Å². The molecule has 0 radical (unpaired) electrons. The third kappa shape index (κ3) is 2.84. The Morgan fingerprint density at radius 1 is 1.38 bits per heavy atom. The van der Waals surface area contributed by atoms with E-state index in [4.69, 9.17) is 0 Å². The summed E-state index contributed by atoms with van der Waals surface area (Å²) in [5.74, 6) is 1.35. The summed E-state index contributed by atoms with van der Waals surface area (Å²) in [6.07, 6.45) is 7.81. The molecule has 1 aromatic heterocycles. The van der Waals surface area contributed by atoms with E-state index in [-0.39, 0.29) is 5.56 Å². The third-order valence-electron chi connectivity index (χ3n) is 3.37. The van der Waals surface area contributed by atoms with Crippen molar-refractivity contribution in [1.29, 1.82) is 0 Å². The number of hydrogen-bond acceptors (Lipinski definition) is 3. The van der Waals surface area contributed by atoms with Crippen molar-refractivity contribution in [2.75, 3.05) is 5.32 Å². The Labute approximate surface area is 95.5 Å². The number of H-pyrrole nitrogens is 1. The summed E-state index contributed by atoms with van der Waals surface area (Å²) in [6, 6.07) is 1.98. The molecule has 1 saturated carbocycles. The Balaban J connectivity index is 2.04. The maximum absolute atomic E-state index is 11.1. The topological polar surface area (TPSA) is 57.8 Å². The minimum Gasteiger partial charge on any atom is -0.367 e. The van der Waals surface area contributed by atoms with Crippen molar-refractivity contribution in [3.63, 3.8) is 0 Å². The van der Waals surface area contributed by atoms with Crippen molar-refractivity contribution in [3.8, 4) is 0 Å². The van der Waals surface area contributed by atoms with Crippen LogP contribution in [0, 0.1) is 5.92 Å². The predicted molar refractivity (Wildman–Crippen MR) is 64.5 cm³/mol. The first-order valence-corrected chi connectivity index (χ1v) is 6.07. The van der Waals surface area contributed by atoms with E-state index >= 15 is 0 Å². The first-order valence-electron chi connectivity index (χ1n) is 6.07. The molecule has 2 atom stereocenters. The molecule has 4 heteroatoms. The van der Waals surface area contributed by atoms with E-state index in [0.29, 0.717) is 17.8 Å². The normalized spacial score (nSPS) is 26.1. The first-order chi connectivity index (χ1) is 7.75. The molecule has 2 rings (SSSR count). The van der Waals surface area contributed by atoms with E-state index in [0.717, 1.165) is 0 Å². The molecule has 4 nitrogen and oxygen atoms in total. The number of nitrogens with one attached hydrogen (secondary N) is 2. The van der Waals surface area contributed by atoms with Gasteiger partial charge in [0, 0.05) is 12.1 Å². The molecule has 1 heterocycles. The molecule has 1 aliphatic rings. The summed E-state index contributed by atoms with van der Waals surface area (Å²) in [4.78, 5) is 17.8. The maximum Gasteiger partial charge on any atom is 0.252 e. The smallest absolute Gasteiger partial charge is 0.252 e. The Bertz CT molecular complexity index is 388. The van der Waals surface area contributed by atoms with Crippen LogP contribution in [-0.4, -0.2) is 16.0 Å². The summed E-state index contributed by atoms with van der Waals surface area (Å²) >= 11 is 0. The van der Waals surface area contributed by atoms with Gasteiger partial charge in [-0.15, -0.1) is 0 Å². The third-order valence-corrected chi connectivity index (χ3v) is 3.37. The molecular weight excluding hydrogens is 202 g/mol. The van der Waals surface area contributed by atoms with E-state index in [1.807, 2.05) is 0 Å². The van der Waals surface area contributed by atoms with Gasteiger partial charge in [-0.05, 0) is 18.8 Å². The number of aromatic nitrogens is 2. The molecule has 0 aliphatic heterocycles. The molecule has 0 spiro atoms. The van der Waals surface area contributed by atoms with Gasteiger partial charge in [-0.2, -0.15) is 0 Å².